The first-order valence-corrected chi connectivity index (χ1v) is 9.81. The second kappa shape index (κ2) is 8.67. The number of hydrogen-bond acceptors (Lipinski definition) is 3. The quantitative estimate of drug-likeness (QED) is 0.753. The first kappa shape index (κ1) is 18.9. The largest absolute Gasteiger partial charge is 0.375 e. The molecular formula is C21H30N2O3. The Labute approximate surface area is 156 Å². The van der Waals surface area contributed by atoms with Crippen molar-refractivity contribution in [3.63, 3.8) is 0 Å². The monoisotopic (exact) mass is 358 g/mol. The van der Waals surface area contributed by atoms with Crippen molar-refractivity contribution in [1.82, 2.24) is 9.80 Å². The summed E-state index contributed by atoms with van der Waals surface area (Å²) in [5, 5.41) is 0. The molecule has 5 nitrogen and oxygen atoms in total. The molecule has 3 rings (SSSR count). The molecule has 2 aliphatic rings. The molecule has 0 bridgehead atoms. The second-order valence-corrected chi connectivity index (χ2v) is 7.79. The first-order valence-electron chi connectivity index (χ1n) is 9.81. The number of ether oxygens (including phenoxy) is 1. The molecule has 2 amide bonds. The maximum absolute atomic E-state index is 12.6. The Kier molecular flexibility index (Phi) is 6.30. The molecule has 0 unspecified atom stereocenters. The average Bonchev–Trinajstić information content (AvgIpc) is 2.96. The van der Waals surface area contributed by atoms with Crippen molar-refractivity contribution in [3.05, 3.63) is 35.4 Å². The number of morpholine rings is 1. The van der Waals surface area contributed by atoms with Crippen LogP contribution in [0.2, 0.25) is 0 Å². The maximum atomic E-state index is 12.6. The Bertz CT molecular complexity index is 644. The Balaban J connectivity index is 1.44. The molecule has 1 atom stereocenters. The van der Waals surface area contributed by atoms with Gasteiger partial charge >= 0.3 is 0 Å². The van der Waals surface area contributed by atoms with Crippen LogP contribution in [0.4, 0.5) is 0 Å². The van der Waals surface area contributed by atoms with Gasteiger partial charge in [0.05, 0.1) is 12.7 Å². The van der Waals surface area contributed by atoms with Crippen molar-refractivity contribution in [2.75, 3.05) is 26.2 Å². The van der Waals surface area contributed by atoms with Gasteiger partial charge in [0.2, 0.25) is 5.91 Å². The number of carbonyl (C=O) groups excluding carboxylic acids is 2. The van der Waals surface area contributed by atoms with Gasteiger partial charge in [-0.1, -0.05) is 44.9 Å². The van der Waals surface area contributed by atoms with E-state index in [0.717, 1.165) is 24.0 Å². The van der Waals surface area contributed by atoms with E-state index < -0.39 is 0 Å². The van der Waals surface area contributed by atoms with E-state index in [2.05, 4.69) is 13.8 Å². The van der Waals surface area contributed by atoms with Crippen LogP contribution in [-0.2, 0) is 16.1 Å². The van der Waals surface area contributed by atoms with Crippen LogP contribution in [0.15, 0.2) is 24.3 Å². The van der Waals surface area contributed by atoms with Crippen LogP contribution >= 0.6 is 0 Å². The number of hydrogen-bond donors (Lipinski definition) is 0. The van der Waals surface area contributed by atoms with Crippen molar-refractivity contribution in [2.24, 2.45) is 5.92 Å². The molecule has 0 radical (unpaired) electrons. The van der Waals surface area contributed by atoms with Gasteiger partial charge in [0.25, 0.3) is 5.91 Å². The lowest BCUT2D eigenvalue weighted by Crippen LogP contribution is -2.46. The smallest absolute Gasteiger partial charge is 0.254 e. The van der Waals surface area contributed by atoms with Crippen LogP contribution in [0.3, 0.4) is 0 Å². The summed E-state index contributed by atoms with van der Waals surface area (Å²) in [6.07, 6.45) is 3.90. The van der Waals surface area contributed by atoms with E-state index in [1.54, 1.807) is 4.90 Å². The summed E-state index contributed by atoms with van der Waals surface area (Å²) < 4.78 is 5.82. The van der Waals surface area contributed by atoms with Crippen LogP contribution in [0, 0.1) is 5.92 Å². The van der Waals surface area contributed by atoms with Gasteiger partial charge in [0, 0.05) is 38.2 Å². The zero-order valence-electron chi connectivity index (χ0n) is 15.9. The minimum atomic E-state index is 0.0435. The Morgan fingerprint density at radius 3 is 2.88 bits per heavy atom. The van der Waals surface area contributed by atoms with E-state index >= 15 is 0 Å². The fourth-order valence-electron chi connectivity index (χ4n) is 3.76. The second-order valence-electron chi connectivity index (χ2n) is 7.79. The maximum Gasteiger partial charge on any atom is 0.254 e. The molecule has 142 valence electrons. The highest BCUT2D eigenvalue weighted by molar-refractivity contribution is 5.98. The number of amides is 2. The Morgan fingerprint density at radius 1 is 1.31 bits per heavy atom. The number of fused-ring (bicyclic) bond motifs is 1. The number of rotatable bonds is 7. The van der Waals surface area contributed by atoms with E-state index in [9.17, 15) is 9.59 Å². The summed E-state index contributed by atoms with van der Waals surface area (Å²) in [6, 6.07) is 7.69. The fourth-order valence-corrected chi connectivity index (χ4v) is 3.76. The summed E-state index contributed by atoms with van der Waals surface area (Å²) in [7, 11) is 0. The predicted molar refractivity (Wildman–Crippen MR) is 101 cm³/mol. The van der Waals surface area contributed by atoms with Crippen molar-refractivity contribution < 1.29 is 14.3 Å². The zero-order chi connectivity index (χ0) is 18.5. The Morgan fingerprint density at radius 2 is 2.12 bits per heavy atom. The van der Waals surface area contributed by atoms with E-state index in [1.807, 2.05) is 29.2 Å². The molecule has 1 aromatic carbocycles. The third-order valence-corrected chi connectivity index (χ3v) is 5.29. The van der Waals surface area contributed by atoms with Gasteiger partial charge in [-0.25, -0.2) is 0 Å². The van der Waals surface area contributed by atoms with Crippen LogP contribution in [0.5, 0.6) is 0 Å². The molecule has 0 aromatic heterocycles. The predicted octanol–water partition coefficient (Wildman–Crippen LogP) is 3.09. The van der Waals surface area contributed by atoms with Crippen molar-refractivity contribution in [1.29, 1.82) is 0 Å². The highest BCUT2D eigenvalue weighted by Gasteiger charge is 2.28. The molecule has 2 aliphatic heterocycles. The molecule has 0 N–H and O–H groups in total. The summed E-state index contributed by atoms with van der Waals surface area (Å²) in [5.74, 6) is 0.881. The third kappa shape index (κ3) is 4.64. The molecule has 2 heterocycles. The van der Waals surface area contributed by atoms with Crippen molar-refractivity contribution >= 4 is 11.8 Å². The molecule has 1 fully saturated rings. The highest BCUT2D eigenvalue weighted by Crippen LogP contribution is 2.22. The van der Waals surface area contributed by atoms with Gasteiger partial charge in [-0.15, -0.1) is 0 Å². The normalized spacial score (nSPS) is 20.0. The summed E-state index contributed by atoms with van der Waals surface area (Å²) >= 11 is 0. The molecule has 26 heavy (non-hydrogen) atoms. The van der Waals surface area contributed by atoms with Gasteiger partial charge in [-0.2, -0.15) is 0 Å². The molecule has 1 aromatic rings. The summed E-state index contributed by atoms with van der Waals surface area (Å²) in [5.41, 5.74) is 1.83. The lowest BCUT2D eigenvalue weighted by molar-refractivity contribution is -0.139. The van der Waals surface area contributed by atoms with Crippen LogP contribution in [-0.4, -0.2) is 54.0 Å². The molecule has 5 heteroatoms. The van der Waals surface area contributed by atoms with Crippen LogP contribution in [0.1, 0.15) is 55.5 Å². The minimum absolute atomic E-state index is 0.0435. The lowest BCUT2D eigenvalue weighted by atomic mass is 10.0. The first-order chi connectivity index (χ1) is 12.5. The third-order valence-electron chi connectivity index (χ3n) is 5.29. The van der Waals surface area contributed by atoms with Crippen molar-refractivity contribution in [2.45, 2.75) is 52.2 Å². The summed E-state index contributed by atoms with van der Waals surface area (Å²) in [4.78, 5) is 28.7. The fraction of sp³-hybridized carbons (Fsp3) is 0.619. The molecule has 1 saturated heterocycles. The van der Waals surface area contributed by atoms with Crippen LogP contribution < -0.4 is 0 Å². The van der Waals surface area contributed by atoms with Gasteiger partial charge in [-0.3, -0.25) is 9.59 Å². The highest BCUT2D eigenvalue weighted by atomic mass is 16.5. The van der Waals surface area contributed by atoms with Gasteiger partial charge in [0.1, 0.15) is 0 Å². The van der Waals surface area contributed by atoms with E-state index in [1.165, 1.54) is 6.42 Å². The standard InChI is InChI=1S/C21H30N2O3/c1-16(2)6-5-8-18-15-22(12-13-26-18)20(24)10-11-23-14-17-7-3-4-9-19(17)21(23)25/h3-4,7,9,16,18H,5-6,8,10-15H2,1-2H3/t18-/m1/s1. The number of benzene rings is 1. The van der Waals surface area contributed by atoms with E-state index in [-0.39, 0.29) is 17.9 Å². The van der Waals surface area contributed by atoms with Gasteiger partial charge < -0.3 is 14.5 Å². The average molecular weight is 358 g/mol. The van der Waals surface area contributed by atoms with E-state index in [0.29, 0.717) is 45.1 Å². The Hall–Kier alpha value is -1.88. The minimum Gasteiger partial charge on any atom is -0.375 e. The van der Waals surface area contributed by atoms with E-state index in [4.69, 9.17) is 4.74 Å². The lowest BCUT2D eigenvalue weighted by Gasteiger charge is -2.33. The molecule has 0 aliphatic carbocycles. The number of carbonyl (C=O) groups is 2. The molecule has 0 spiro atoms. The van der Waals surface area contributed by atoms with Crippen molar-refractivity contribution in [3.8, 4) is 0 Å². The molecular weight excluding hydrogens is 328 g/mol. The topological polar surface area (TPSA) is 49.9 Å². The molecule has 0 saturated carbocycles. The number of nitrogens with zero attached hydrogens (tertiary/aromatic N) is 2. The SMILES string of the molecule is CC(C)CCC[C@@H]1CN(C(=O)CCN2Cc3ccccc3C2=O)CCO1. The zero-order valence-corrected chi connectivity index (χ0v) is 15.9. The van der Waals surface area contributed by atoms with Crippen LogP contribution in [0.25, 0.3) is 0 Å². The van der Waals surface area contributed by atoms with Gasteiger partial charge in [-0.05, 0) is 24.0 Å². The van der Waals surface area contributed by atoms with Gasteiger partial charge in [0.15, 0.2) is 0 Å². The summed E-state index contributed by atoms with van der Waals surface area (Å²) in [6.45, 7) is 7.53.